The Balaban J connectivity index is 1.17. The Morgan fingerprint density at radius 1 is 0.857 bits per heavy atom. The Bertz CT molecular complexity index is 1520. The maximum absolute atomic E-state index is 12.6. The van der Waals surface area contributed by atoms with Crippen LogP contribution in [0.4, 0.5) is 10.5 Å². The van der Waals surface area contributed by atoms with Gasteiger partial charge in [0, 0.05) is 23.2 Å². The molecule has 5 heteroatoms. The number of anilines is 1. The number of aryl methyl sites for hydroxylation is 1. The first-order valence-corrected chi connectivity index (χ1v) is 11.9. The van der Waals surface area contributed by atoms with Gasteiger partial charge < -0.3 is 15.6 Å². The third kappa shape index (κ3) is 4.41. The molecule has 1 aromatic heterocycles. The second kappa shape index (κ2) is 8.76. The molecule has 0 radical (unpaired) electrons. The molecule has 1 saturated carbocycles. The average molecular weight is 459 g/mol. The van der Waals surface area contributed by atoms with Gasteiger partial charge in [-0.2, -0.15) is 0 Å². The van der Waals surface area contributed by atoms with Crippen molar-refractivity contribution in [2.24, 2.45) is 0 Å². The fraction of sp³-hybridized carbons (Fsp3) is 0.133. The number of urea groups is 1. The maximum Gasteiger partial charge on any atom is 0.319 e. The number of hydrogen-bond donors (Lipinski definition) is 3. The van der Waals surface area contributed by atoms with E-state index in [4.69, 9.17) is 4.98 Å². The Labute approximate surface area is 204 Å². The smallest absolute Gasteiger partial charge is 0.319 e. The highest BCUT2D eigenvalue weighted by Crippen LogP contribution is 2.40. The predicted octanol–water partition coefficient (Wildman–Crippen LogP) is 6.88. The summed E-state index contributed by atoms with van der Waals surface area (Å²) in [5, 5.41) is 6.09. The molecule has 1 aliphatic carbocycles. The lowest BCUT2D eigenvalue weighted by molar-refractivity contribution is 0.251. The molecule has 5 aromatic rings. The zero-order chi connectivity index (χ0) is 23.8. The van der Waals surface area contributed by atoms with Crippen LogP contribution < -0.4 is 10.6 Å². The van der Waals surface area contributed by atoms with Crippen molar-refractivity contribution >= 4 is 22.8 Å². The summed E-state index contributed by atoms with van der Waals surface area (Å²) >= 11 is 0. The Hall–Kier alpha value is -4.38. The highest BCUT2D eigenvalue weighted by Gasteiger charge is 2.39. The molecule has 4 aromatic carbocycles. The molecule has 0 spiro atoms. The van der Waals surface area contributed by atoms with E-state index in [0.717, 1.165) is 51.2 Å². The van der Waals surface area contributed by atoms with Gasteiger partial charge in [0.15, 0.2) is 0 Å². The quantitative estimate of drug-likeness (QED) is 0.269. The summed E-state index contributed by atoms with van der Waals surface area (Å²) in [5.74, 6) is 1.25. The second-order valence-electron chi connectivity index (χ2n) is 9.18. The van der Waals surface area contributed by atoms with Crippen LogP contribution in [-0.2, 0) is 0 Å². The molecule has 2 amide bonds. The Kier molecular flexibility index (Phi) is 5.30. The van der Waals surface area contributed by atoms with Crippen LogP contribution in [0.15, 0.2) is 97.1 Å². The van der Waals surface area contributed by atoms with E-state index < -0.39 is 0 Å². The van der Waals surface area contributed by atoms with Gasteiger partial charge in [-0.25, -0.2) is 9.78 Å². The number of benzene rings is 4. The number of imidazole rings is 1. The van der Waals surface area contributed by atoms with Crippen LogP contribution in [-0.4, -0.2) is 22.0 Å². The summed E-state index contributed by atoms with van der Waals surface area (Å²) in [4.78, 5) is 20.9. The van der Waals surface area contributed by atoms with E-state index in [2.05, 4.69) is 65.0 Å². The standard InChI is InChI=1S/C30H26N4O/c1-19-8-5-15-26-28(19)34-29(32-26)23-13-6-11-21(16-23)22-12-7-14-24(17-22)31-30(35)33-27-18-25(27)20-9-3-2-4-10-20/h2-17,25,27H,18H2,1H3,(H,32,34)(H2,31,33,35)/t25-,27+/m0/s1. The van der Waals surface area contributed by atoms with Crippen LogP contribution in [0.3, 0.4) is 0 Å². The molecule has 6 rings (SSSR count). The minimum Gasteiger partial charge on any atom is -0.338 e. The van der Waals surface area contributed by atoms with Gasteiger partial charge in [0.2, 0.25) is 0 Å². The van der Waals surface area contributed by atoms with Crippen LogP contribution >= 0.6 is 0 Å². The molecule has 0 aliphatic heterocycles. The van der Waals surface area contributed by atoms with Crippen molar-refractivity contribution in [3.63, 3.8) is 0 Å². The second-order valence-corrected chi connectivity index (χ2v) is 9.18. The summed E-state index contributed by atoms with van der Waals surface area (Å²) in [6, 6.07) is 32.7. The lowest BCUT2D eigenvalue weighted by Crippen LogP contribution is -2.31. The number of para-hydroxylation sites is 1. The van der Waals surface area contributed by atoms with Crippen molar-refractivity contribution in [2.45, 2.75) is 25.3 Å². The number of carbonyl (C=O) groups excluding carboxylic acids is 1. The van der Waals surface area contributed by atoms with Gasteiger partial charge in [0.25, 0.3) is 0 Å². The number of rotatable bonds is 5. The first-order chi connectivity index (χ1) is 17.1. The van der Waals surface area contributed by atoms with E-state index in [-0.39, 0.29) is 12.1 Å². The van der Waals surface area contributed by atoms with Crippen molar-refractivity contribution in [3.8, 4) is 22.5 Å². The monoisotopic (exact) mass is 458 g/mol. The third-order valence-corrected chi connectivity index (χ3v) is 6.64. The molecule has 0 bridgehead atoms. The van der Waals surface area contributed by atoms with Crippen LogP contribution in [0.25, 0.3) is 33.5 Å². The average Bonchev–Trinajstić information content (AvgIpc) is 3.50. The van der Waals surface area contributed by atoms with E-state index in [9.17, 15) is 4.79 Å². The number of H-pyrrole nitrogens is 1. The summed E-state index contributed by atoms with van der Waals surface area (Å²) in [7, 11) is 0. The molecule has 1 heterocycles. The minimum atomic E-state index is -0.169. The SMILES string of the molecule is Cc1cccc2[nH]c(-c3cccc(-c4cccc(NC(=O)N[C@@H]5C[C@H]5c5ccccc5)c4)c3)nc12. The summed E-state index contributed by atoms with van der Waals surface area (Å²) in [6.07, 6.45) is 0.978. The normalized spacial score (nSPS) is 16.7. The van der Waals surface area contributed by atoms with E-state index in [1.807, 2.05) is 54.6 Å². The number of nitrogens with zero attached hydrogens (tertiary/aromatic N) is 1. The predicted molar refractivity (Wildman–Crippen MR) is 141 cm³/mol. The van der Waals surface area contributed by atoms with Crippen LogP contribution in [0.2, 0.25) is 0 Å². The number of aromatic nitrogens is 2. The third-order valence-electron chi connectivity index (χ3n) is 6.64. The van der Waals surface area contributed by atoms with Crippen molar-refractivity contribution in [2.75, 3.05) is 5.32 Å². The number of carbonyl (C=O) groups is 1. The summed E-state index contributed by atoms with van der Waals surface area (Å²) in [5.41, 5.74) is 8.35. The van der Waals surface area contributed by atoms with Crippen LogP contribution in [0.1, 0.15) is 23.5 Å². The molecule has 0 unspecified atom stereocenters. The van der Waals surface area contributed by atoms with Crippen molar-refractivity contribution < 1.29 is 4.79 Å². The van der Waals surface area contributed by atoms with Gasteiger partial charge >= 0.3 is 6.03 Å². The lowest BCUT2D eigenvalue weighted by Gasteiger charge is -2.10. The minimum absolute atomic E-state index is 0.169. The molecule has 0 saturated heterocycles. The number of fused-ring (bicyclic) bond motifs is 1. The number of hydrogen-bond acceptors (Lipinski definition) is 2. The van der Waals surface area contributed by atoms with Crippen LogP contribution in [0.5, 0.6) is 0 Å². The number of nitrogens with one attached hydrogen (secondary N) is 3. The Morgan fingerprint density at radius 2 is 1.60 bits per heavy atom. The summed E-state index contributed by atoms with van der Waals surface area (Å²) in [6.45, 7) is 2.07. The number of aromatic amines is 1. The van der Waals surface area contributed by atoms with Gasteiger partial charge in [-0.1, -0.05) is 72.8 Å². The first kappa shape index (κ1) is 21.2. The largest absolute Gasteiger partial charge is 0.338 e. The zero-order valence-electron chi connectivity index (χ0n) is 19.5. The van der Waals surface area contributed by atoms with E-state index >= 15 is 0 Å². The molecular weight excluding hydrogens is 432 g/mol. The van der Waals surface area contributed by atoms with E-state index in [1.165, 1.54) is 5.56 Å². The van der Waals surface area contributed by atoms with Crippen molar-refractivity contribution in [3.05, 3.63) is 108 Å². The lowest BCUT2D eigenvalue weighted by atomic mass is 10.0. The molecule has 1 aliphatic rings. The first-order valence-electron chi connectivity index (χ1n) is 11.9. The Morgan fingerprint density at radius 3 is 2.43 bits per heavy atom. The van der Waals surface area contributed by atoms with E-state index in [0.29, 0.717) is 5.92 Å². The molecule has 172 valence electrons. The molecule has 5 nitrogen and oxygen atoms in total. The fourth-order valence-corrected chi connectivity index (χ4v) is 4.69. The molecule has 35 heavy (non-hydrogen) atoms. The highest BCUT2D eigenvalue weighted by atomic mass is 16.2. The van der Waals surface area contributed by atoms with Crippen LogP contribution in [0, 0.1) is 6.92 Å². The van der Waals surface area contributed by atoms with Gasteiger partial charge in [0.1, 0.15) is 5.82 Å². The van der Waals surface area contributed by atoms with Crippen molar-refractivity contribution in [1.82, 2.24) is 15.3 Å². The van der Waals surface area contributed by atoms with Gasteiger partial charge in [0.05, 0.1) is 11.0 Å². The summed E-state index contributed by atoms with van der Waals surface area (Å²) < 4.78 is 0. The molecule has 3 N–H and O–H groups in total. The van der Waals surface area contributed by atoms with E-state index in [1.54, 1.807) is 0 Å². The van der Waals surface area contributed by atoms with Gasteiger partial charge in [-0.05, 0) is 59.9 Å². The topological polar surface area (TPSA) is 69.8 Å². The molecule has 1 fully saturated rings. The van der Waals surface area contributed by atoms with Gasteiger partial charge in [-0.3, -0.25) is 0 Å². The fourth-order valence-electron chi connectivity index (χ4n) is 4.69. The highest BCUT2D eigenvalue weighted by molar-refractivity contribution is 5.91. The maximum atomic E-state index is 12.6. The number of amides is 2. The molecular formula is C30H26N4O. The van der Waals surface area contributed by atoms with Crippen molar-refractivity contribution in [1.29, 1.82) is 0 Å². The van der Waals surface area contributed by atoms with Gasteiger partial charge in [-0.15, -0.1) is 0 Å². The zero-order valence-corrected chi connectivity index (χ0v) is 19.5. The molecule has 2 atom stereocenters.